The van der Waals surface area contributed by atoms with Crippen molar-refractivity contribution in [1.82, 2.24) is 9.88 Å². The fraction of sp³-hybridized carbons (Fsp3) is 0. The quantitative estimate of drug-likeness (QED) is 0.808. The molecule has 2 aromatic rings. The second kappa shape index (κ2) is 6.12. The van der Waals surface area contributed by atoms with E-state index in [-0.39, 0.29) is 18.3 Å². The lowest BCUT2D eigenvalue weighted by atomic mass is 10.1. The largest absolute Gasteiger partial charge is 0.289 e. The van der Waals surface area contributed by atoms with Crippen molar-refractivity contribution in [3.8, 4) is 0 Å². The lowest BCUT2D eigenvalue weighted by Gasteiger charge is -2.12. The standard InChI is InChI=1S/C15H11N3O.ClH/c19-15(18-9-2-6-16-8-10-18)13-4-5-14-12(11-13)3-1-7-17-14;/h1-11H;1H. The molecule has 0 radical (unpaired) electrons. The molecule has 0 unspecified atom stereocenters. The van der Waals surface area contributed by atoms with E-state index in [0.29, 0.717) is 5.56 Å². The molecule has 0 fully saturated rings. The summed E-state index contributed by atoms with van der Waals surface area (Å²) in [4.78, 5) is 22.0. The number of carbonyl (C=O) groups is 1. The van der Waals surface area contributed by atoms with Gasteiger partial charge in [-0.25, -0.2) is 0 Å². The van der Waals surface area contributed by atoms with Crippen LogP contribution in [-0.4, -0.2) is 22.0 Å². The number of hydrogen-bond acceptors (Lipinski definition) is 3. The number of aromatic nitrogens is 1. The van der Waals surface area contributed by atoms with Crippen molar-refractivity contribution in [3.05, 3.63) is 66.8 Å². The predicted octanol–water partition coefficient (Wildman–Crippen LogP) is 3.17. The Labute approximate surface area is 122 Å². The fourth-order valence-electron chi connectivity index (χ4n) is 1.88. The summed E-state index contributed by atoms with van der Waals surface area (Å²) in [6.07, 6.45) is 10.00. The van der Waals surface area contributed by atoms with Crippen LogP contribution in [0, 0.1) is 0 Å². The highest BCUT2D eigenvalue weighted by molar-refractivity contribution is 5.99. The third kappa shape index (κ3) is 2.75. The minimum atomic E-state index is -0.0937. The molecule has 0 N–H and O–H groups in total. The van der Waals surface area contributed by atoms with Gasteiger partial charge in [0.05, 0.1) is 5.52 Å². The van der Waals surface area contributed by atoms with Gasteiger partial charge in [0, 0.05) is 42.0 Å². The zero-order chi connectivity index (χ0) is 13.1. The zero-order valence-electron chi connectivity index (χ0n) is 10.5. The molecule has 1 aromatic carbocycles. The SMILES string of the molecule is Cl.O=C(c1ccc2ncccc2c1)N1C=CC=NC=C1. The number of amides is 1. The number of benzene rings is 1. The topological polar surface area (TPSA) is 45.6 Å². The molecule has 1 aromatic heterocycles. The summed E-state index contributed by atoms with van der Waals surface area (Å²) in [6, 6.07) is 9.28. The van der Waals surface area contributed by atoms with Crippen molar-refractivity contribution in [2.45, 2.75) is 0 Å². The summed E-state index contributed by atoms with van der Waals surface area (Å²) < 4.78 is 0. The fourth-order valence-corrected chi connectivity index (χ4v) is 1.88. The number of fused-ring (bicyclic) bond motifs is 1. The summed E-state index contributed by atoms with van der Waals surface area (Å²) >= 11 is 0. The van der Waals surface area contributed by atoms with Crippen molar-refractivity contribution in [3.63, 3.8) is 0 Å². The molecule has 0 bridgehead atoms. The van der Waals surface area contributed by atoms with E-state index in [1.807, 2.05) is 24.3 Å². The van der Waals surface area contributed by atoms with Crippen molar-refractivity contribution >= 4 is 35.4 Å². The van der Waals surface area contributed by atoms with Gasteiger partial charge in [0.1, 0.15) is 0 Å². The number of nitrogens with zero attached hydrogens (tertiary/aromatic N) is 3. The lowest BCUT2D eigenvalue weighted by Crippen LogP contribution is -2.19. The third-order valence-electron chi connectivity index (χ3n) is 2.82. The van der Waals surface area contributed by atoms with Crippen LogP contribution in [0.2, 0.25) is 0 Å². The predicted molar refractivity (Wildman–Crippen MR) is 81.9 cm³/mol. The number of rotatable bonds is 1. The van der Waals surface area contributed by atoms with Crippen LogP contribution in [0.15, 0.2) is 66.2 Å². The molecule has 1 aliphatic heterocycles. The van der Waals surface area contributed by atoms with Crippen LogP contribution in [0.4, 0.5) is 0 Å². The van der Waals surface area contributed by atoms with Gasteiger partial charge in [0.2, 0.25) is 0 Å². The Morgan fingerprint density at radius 3 is 2.95 bits per heavy atom. The Balaban J connectivity index is 0.00000147. The maximum absolute atomic E-state index is 12.3. The summed E-state index contributed by atoms with van der Waals surface area (Å²) in [5.74, 6) is -0.0937. The normalized spacial score (nSPS) is 13.1. The average Bonchev–Trinajstić information content (AvgIpc) is 2.75. The minimum Gasteiger partial charge on any atom is -0.289 e. The zero-order valence-corrected chi connectivity index (χ0v) is 11.3. The van der Waals surface area contributed by atoms with Crippen LogP contribution >= 0.6 is 12.4 Å². The first-order valence-corrected chi connectivity index (χ1v) is 5.89. The van der Waals surface area contributed by atoms with Gasteiger partial charge in [-0.05, 0) is 30.3 Å². The highest BCUT2D eigenvalue weighted by Crippen LogP contribution is 2.15. The molecule has 1 aliphatic rings. The smallest absolute Gasteiger partial charge is 0.261 e. The maximum atomic E-state index is 12.3. The van der Waals surface area contributed by atoms with Gasteiger partial charge in [0.25, 0.3) is 5.91 Å². The Kier molecular flexibility index (Phi) is 4.27. The second-order valence-electron chi connectivity index (χ2n) is 4.06. The molecule has 2 heterocycles. The number of aliphatic imine (C=N–C) groups is 1. The average molecular weight is 286 g/mol. The number of pyridine rings is 1. The first-order chi connectivity index (χ1) is 9.34. The number of carbonyl (C=O) groups excluding carboxylic acids is 1. The van der Waals surface area contributed by atoms with E-state index in [9.17, 15) is 4.79 Å². The molecule has 0 spiro atoms. The summed E-state index contributed by atoms with van der Waals surface area (Å²) in [5.41, 5.74) is 1.50. The van der Waals surface area contributed by atoms with Crippen molar-refractivity contribution < 1.29 is 4.79 Å². The van der Waals surface area contributed by atoms with Gasteiger partial charge in [-0.3, -0.25) is 19.7 Å². The number of allylic oxidation sites excluding steroid dienone is 1. The van der Waals surface area contributed by atoms with Crippen LogP contribution < -0.4 is 0 Å². The molecule has 100 valence electrons. The van der Waals surface area contributed by atoms with Gasteiger partial charge in [-0.2, -0.15) is 0 Å². The number of hydrogen-bond donors (Lipinski definition) is 0. The molecular weight excluding hydrogens is 274 g/mol. The highest BCUT2D eigenvalue weighted by atomic mass is 35.5. The monoisotopic (exact) mass is 285 g/mol. The van der Waals surface area contributed by atoms with E-state index in [0.717, 1.165) is 10.9 Å². The Bertz CT molecular complexity index is 706. The molecule has 20 heavy (non-hydrogen) atoms. The summed E-state index contributed by atoms with van der Waals surface area (Å²) in [5, 5.41) is 0.951. The van der Waals surface area contributed by atoms with E-state index < -0.39 is 0 Å². The van der Waals surface area contributed by atoms with Crippen molar-refractivity contribution in [2.75, 3.05) is 0 Å². The Morgan fingerprint density at radius 2 is 2.05 bits per heavy atom. The summed E-state index contributed by atoms with van der Waals surface area (Å²) in [7, 11) is 0. The molecule has 0 atom stereocenters. The first-order valence-electron chi connectivity index (χ1n) is 5.89. The highest BCUT2D eigenvalue weighted by Gasteiger charge is 2.12. The number of halogens is 1. The van der Waals surface area contributed by atoms with E-state index in [4.69, 9.17) is 0 Å². The van der Waals surface area contributed by atoms with Gasteiger partial charge in [-0.1, -0.05) is 6.07 Å². The molecule has 3 rings (SSSR count). The van der Waals surface area contributed by atoms with Crippen LogP contribution in [-0.2, 0) is 0 Å². The van der Waals surface area contributed by atoms with Gasteiger partial charge in [-0.15, -0.1) is 12.4 Å². The Hall–Kier alpha value is -2.46. The molecule has 5 heteroatoms. The molecule has 1 amide bonds. The lowest BCUT2D eigenvalue weighted by molar-refractivity contribution is 0.0869. The van der Waals surface area contributed by atoms with Crippen LogP contribution in [0.3, 0.4) is 0 Å². The molecule has 0 aliphatic carbocycles. The van der Waals surface area contributed by atoms with Crippen molar-refractivity contribution in [2.24, 2.45) is 4.99 Å². The van der Waals surface area contributed by atoms with Crippen LogP contribution in [0.25, 0.3) is 10.9 Å². The van der Waals surface area contributed by atoms with E-state index >= 15 is 0 Å². The van der Waals surface area contributed by atoms with E-state index in [1.54, 1.807) is 43.2 Å². The van der Waals surface area contributed by atoms with Gasteiger partial charge in [0.15, 0.2) is 0 Å². The van der Waals surface area contributed by atoms with Gasteiger partial charge < -0.3 is 0 Å². The van der Waals surface area contributed by atoms with Crippen molar-refractivity contribution in [1.29, 1.82) is 0 Å². The van der Waals surface area contributed by atoms with E-state index in [1.165, 1.54) is 4.90 Å². The minimum absolute atomic E-state index is 0. The molecule has 0 saturated carbocycles. The first kappa shape index (κ1) is 14.0. The van der Waals surface area contributed by atoms with Crippen LogP contribution in [0.1, 0.15) is 10.4 Å². The van der Waals surface area contributed by atoms with Gasteiger partial charge >= 0.3 is 0 Å². The maximum Gasteiger partial charge on any atom is 0.261 e. The molecule has 4 nitrogen and oxygen atoms in total. The molecular formula is C15H12ClN3O. The second-order valence-corrected chi connectivity index (χ2v) is 4.06. The molecule has 0 saturated heterocycles. The third-order valence-corrected chi connectivity index (χ3v) is 2.82. The Morgan fingerprint density at radius 1 is 1.15 bits per heavy atom. The summed E-state index contributed by atoms with van der Waals surface area (Å²) in [6.45, 7) is 0. The van der Waals surface area contributed by atoms with E-state index in [2.05, 4.69) is 9.98 Å². The van der Waals surface area contributed by atoms with Crippen LogP contribution in [0.5, 0.6) is 0 Å².